The quantitative estimate of drug-likeness (QED) is 0.189. The van der Waals surface area contributed by atoms with Crippen molar-refractivity contribution in [3.8, 4) is 16.9 Å². The average Bonchev–Trinajstić information content (AvgIpc) is 2.95. The van der Waals surface area contributed by atoms with Crippen LogP contribution in [0.3, 0.4) is 0 Å². The van der Waals surface area contributed by atoms with E-state index in [1.54, 1.807) is 0 Å². The molecule has 0 aliphatic heterocycles. The van der Waals surface area contributed by atoms with Gasteiger partial charge in [-0.25, -0.2) is 0 Å². The fourth-order valence-corrected chi connectivity index (χ4v) is 7.04. The topological polar surface area (TPSA) is 159 Å². The number of nitrogens with two attached hydrogens (primary N) is 1. The van der Waals surface area contributed by atoms with E-state index in [-0.39, 0.29) is 34.8 Å². The van der Waals surface area contributed by atoms with Gasteiger partial charge in [0.15, 0.2) is 11.6 Å². The molecule has 1 amide bonds. The number of hydrogen-bond donors (Lipinski definition) is 4. The zero-order valence-corrected chi connectivity index (χ0v) is 23.3. The second-order valence-corrected chi connectivity index (χ2v) is 11.7. The Hall–Kier alpha value is -4.63. The van der Waals surface area contributed by atoms with Crippen LogP contribution in [0.1, 0.15) is 43.4 Å². The molecule has 0 radical (unpaired) electrons. The Labute approximate surface area is 242 Å². The van der Waals surface area contributed by atoms with Crippen LogP contribution < -0.4 is 11.1 Å². The molecule has 3 aromatic carbocycles. The van der Waals surface area contributed by atoms with Crippen molar-refractivity contribution in [1.82, 2.24) is 5.32 Å². The number of phenols is 1. The van der Waals surface area contributed by atoms with Gasteiger partial charge < -0.3 is 21.3 Å². The molecule has 0 saturated heterocycles. The summed E-state index contributed by atoms with van der Waals surface area (Å²) in [5.41, 5.74) is 8.43. The van der Waals surface area contributed by atoms with Crippen molar-refractivity contribution in [1.29, 1.82) is 0 Å². The SMILES string of the molecule is CC(C)NCc1ccc(-c2ccc(O)c3c2C[C@H]2C[C@H]4CC(N=O)=C(C(N)=O)C(=O)C4C(=O)C2=C3O)c2ccccc12. The highest BCUT2D eigenvalue weighted by Crippen LogP contribution is 2.51. The molecule has 42 heavy (non-hydrogen) atoms. The molecule has 0 aromatic heterocycles. The number of aliphatic hydroxyl groups is 1. The lowest BCUT2D eigenvalue weighted by Crippen LogP contribution is -2.46. The van der Waals surface area contributed by atoms with Gasteiger partial charge in [0, 0.05) is 18.2 Å². The van der Waals surface area contributed by atoms with Crippen molar-refractivity contribution in [2.24, 2.45) is 28.7 Å². The molecular formula is C33H31N3O6. The predicted octanol–water partition coefficient (Wildman–Crippen LogP) is 4.84. The van der Waals surface area contributed by atoms with Gasteiger partial charge in [0.05, 0.1) is 11.5 Å². The second kappa shape index (κ2) is 10.3. The van der Waals surface area contributed by atoms with Gasteiger partial charge >= 0.3 is 0 Å². The van der Waals surface area contributed by atoms with Gasteiger partial charge in [0.1, 0.15) is 22.8 Å². The van der Waals surface area contributed by atoms with Crippen LogP contribution in [0.15, 0.2) is 70.6 Å². The maximum atomic E-state index is 13.8. The first-order chi connectivity index (χ1) is 20.1. The van der Waals surface area contributed by atoms with Crippen molar-refractivity contribution >= 4 is 34.0 Å². The number of primary amides is 1. The molecular weight excluding hydrogens is 534 g/mol. The summed E-state index contributed by atoms with van der Waals surface area (Å²) in [6.45, 7) is 4.89. The number of aromatic hydroxyl groups is 1. The van der Waals surface area contributed by atoms with Gasteiger partial charge in [0.25, 0.3) is 5.91 Å². The molecule has 1 fully saturated rings. The lowest BCUT2D eigenvalue weighted by molar-refractivity contribution is -0.134. The van der Waals surface area contributed by atoms with Gasteiger partial charge in [0.2, 0.25) is 0 Å². The summed E-state index contributed by atoms with van der Waals surface area (Å²) in [5, 5.41) is 30.9. The van der Waals surface area contributed by atoms with E-state index >= 15 is 0 Å². The number of amides is 1. The van der Waals surface area contributed by atoms with E-state index < -0.39 is 40.8 Å². The Bertz CT molecular complexity index is 1770. The minimum absolute atomic E-state index is 0.0231. The Kier molecular flexibility index (Phi) is 6.77. The van der Waals surface area contributed by atoms with E-state index in [9.17, 15) is 29.5 Å². The molecule has 0 spiro atoms. The summed E-state index contributed by atoms with van der Waals surface area (Å²) in [5.74, 6) is -5.33. The summed E-state index contributed by atoms with van der Waals surface area (Å²) in [4.78, 5) is 50.4. The minimum Gasteiger partial charge on any atom is -0.507 e. The average molecular weight is 566 g/mol. The van der Waals surface area contributed by atoms with Gasteiger partial charge in [-0.2, -0.15) is 0 Å². The molecule has 9 nitrogen and oxygen atoms in total. The summed E-state index contributed by atoms with van der Waals surface area (Å²) in [6, 6.07) is 15.9. The van der Waals surface area contributed by atoms with Crippen molar-refractivity contribution in [3.63, 3.8) is 0 Å². The molecule has 3 atom stereocenters. The number of benzene rings is 3. The summed E-state index contributed by atoms with van der Waals surface area (Å²) >= 11 is 0. The molecule has 0 bridgehead atoms. The number of carbonyl (C=O) groups is 3. The van der Waals surface area contributed by atoms with Crippen LogP contribution in [0.25, 0.3) is 27.7 Å². The third kappa shape index (κ3) is 4.23. The zero-order chi connectivity index (χ0) is 29.9. The summed E-state index contributed by atoms with van der Waals surface area (Å²) < 4.78 is 0. The summed E-state index contributed by atoms with van der Waals surface area (Å²) in [7, 11) is 0. The molecule has 214 valence electrons. The molecule has 1 saturated carbocycles. The van der Waals surface area contributed by atoms with Crippen LogP contribution in [0, 0.1) is 22.7 Å². The lowest BCUT2D eigenvalue weighted by Gasteiger charge is -2.41. The number of Topliss-reactive ketones (excluding diaryl/α,β-unsaturated/α-hetero) is 2. The van der Waals surface area contributed by atoms with Crippen molar-refractivity contribution in [2.75, 3.05) is 0 Å². The molecule has 3 aliphatic carbocycles. The number of aliphatic hydroxyl groups excluding tert-OH is 1. The number of fused-ring (bicyclic) bond motifs is 4. The van der Waals surface area contributed by atoms with E-state index in [0.29, 0.717) is 31.0 Å². The van der Waals surface area contributed by atoms with Crippen molar-refractivity contribution in [3.05, 3.63) is 87.0 Å². The third-order valence-corrected chi connectivity index (χ3v) is 8.88. The first-order valence-corrected chi connectivity index (χ1v) is 14.1. The zero-order valence-electron chi connectivity index (χ0n) is 23.3. The van der Waals surface area contributed by atoms with Crippen LogP contribution in [-0.2, 0) is 27.3 Å². The number of hydrogen-bond acceptors (Lipinski definition) is 8. The van der Waals surface area contributed by atoms with Gasteiger partial charge in [-0.1, -0.05) is 56.3 Å². The summed E-state index contributed by atoms with van der Waals surface area (Å²) in [6.07, 6.45) is 0.634. The number of ketones is 2. The highest BCUT2D eigenvalue weighted by Gasteiger charge is 2.52. The highest BCUT2D eigenvalue weighted by atomic mass is 16.3. The predicted molar refractivity (Wildman–Crippen MR) is 158 cm³/mol. The van der Waals surface area contributed by atoms with Crippen LogP contribution >= 0.6 is 0 Å². The molecule has 3 aromatic rings. The first-order valence-electron chi connectivity index (χ1n) is 14.1. The largest absolute Gasteiger partial charge is 0.507 e. The fourth-order valence-electron chi connectivity index (χ4n) is 7.04. The Morgan fingerprint density at radius 1 is 1.00 bits per heavy atom. The van der Waals surface area contributed by atoms with Gasteiger partial charge in [-0.15, -0.1) is 4.91 Å². The number of rotatable bonds is 6. The number of nitroso groups, excluding NO2 is 1. The second-order valence-electron chi connectivity index (χ2n) is 11.7. The molecule has 6 rings (SSSR count). The third-order valence-electron chi connectivity index (χ3n) is 8.88. The monoisotopic (exact) mass is 565 g/mol. The fraction of sp³-hybridized carbons (Fsp3) is 0.303. The van der Waals surface area contributed by atoms with Crippen LogP contribution in [0.2, 0.25) is 0 Å². The smallest absolute Gasteiger partial charge is 0.254 e. The molecule has 5 N–H and O–H groups in total. The van der Waals surface area contributed by atoms with E-state index in [0.717, 1.165) is 27.5 Å². The molecule has 0 heterocycles. The number of nitrogens with one attached hydrogen (secondary N) is 1. The van der Waals surface area contributed by atoms with Crippen molar-refractivity contribution in [2.45, 2.75) is 45.7 Å². The number of phenolic OH excluding ortho intramolecular Hbond substituents is 1. The Morgan fingerprint density at radius 2 is 1.71 bits per heavy atom. The number of allylic oxidation sites excluding steroid dienone is 2. The van der Waals surface area contributed by atoms with Crippen molar-refractivity contribution < 1.29 is 24.6 Å². The minimum atomic E-state index is -1.24. The number of nitrogens with zero attached hydrogens (tertiary/aromatic N) is 1. The number of carbonyl (C=O) groups excluding carboxylic acids is 3. The van der Waals surface area contributed by atoms with E-state index in [1.807, 2.05) is 30.3 Å². The van der Waals surface area contributed by atoms with Crippen LogP contribution in [0.4, 0.5) is 0 Å². The van der Waals surface area contributed by atoms with E-state index in [2.05, 4.69) is 36.5 Å². The highest BCUT2D eigenvalue weighted by molar-refractivity contribution is 6.28. The molecule has 9 heteroatoms. The lowest BCUT2D eigenvalue weighted by atomic mass is 9.60. The Morgan fingerprint density at radius 3 is 2.40 bits per heavy atom. The van der Waals surface area contributed by atoms with Gasteiger partial charge in [-0.3, -0.25) is 14.4 Å². The molecule has 3 aliphatic rings. The molecule has 1 unspecified atom stereocenters. The van der Waals surface area contributed by atoms with Crippen LogP contribution in [0.5, 0.6) is 5.75 Å². The Balaban J connectivity index is 1.48. The van der Waals surface area contributed by atoms with E-state index in [1.165, 1.54) is 6.07 Å². The van der Waals surface area contributed by atoms with Crippen LogP contribution in [-0.4, -0.2) is 33.7 Å². The van der Waals surface area contributed by atoms with E-state index in [4.69, 9.17) is 5.73 Å². The van der Waals surface area contributed by atoms with Gasteiger partial charge in [-0.05, 0) is 75.4 Å². The standard InChI is InChI=1S/C33H31N3O6/c1-15(2)35-14-16-7-8-21(20-6-4-3-5-19(16)20)22-9-10-25(37)28-23(22)12-17-11-18-13-24(36-42)29(33(34)41)32(40)27(18)30(38)26(17)31(28)39/h3-10,15,17-18,27,35,37,39H,11-14H2,1-2H3,(H2,34,41)/t17-,18+,27?/m1/s1. The normalized spacial score (nSPS) is 21.8. The first kappa shape index (κ1) is 27.5. The maximum absolute atomic E-state index is 13.8. The maximum Gasteiger partial charge on any atom is 0.254 e.